The number of nitrogens with zero attached hydrogens (tertiary/aromatic N) is 1. The topological polar surface area (TPSA) is 81.4 Å². The van der Waals surface area contributed by atoms with E-state index in [2.05, 4.69) is 17.2 Å². The fraction of sp³-hybridized carbons (Fsp3) is 0.476. The number of unbranched alkanes of at least 4 members (excludes halogenated alkanes) is 4. The average molecular weight is 407 g/mol. The molecule has 0 bridgehead atoms. The summed E-state index contributed by atoms with van der Waals surface area (Å²) in [6.07, 6.45) is 6.04. The molecule has 1 atom stereocenters. The van der Waals surface area contributed by atoms with Gasteiger partial charge in [-0.15, -0.1) is 0 Å². The van der Waals surface area contributed by atoms with Crippen molar-refractivity contribution in [3.63, 3.8) is 0 Å². The highest BCUT2D eigenvalue weighted by atomic mass is 35.5. The van der Waals surface area contributed by atoms with Gasteiger partial charge < -0.3 is 14.5 Å². The number of nitrogens with one attached hydrogen (secondary N) is 1. The van der Waals surface area contributed by atoms with Crippen molar-refractivity contribution < 1.29 is 18.7 Å². The molecule has 28 heavy (non-hydrogen) atoms. The van der Waals surface area contributed by atoms with Gasteiger partial charge in [-0.05, 0) is 25.5 Å². The highest BCUT2D eigenvalue weighted by molar-refractivity contribution is 6.30. The molecule has 1 heterocycles. The van der Waals surface area contributed by atoms with E-state index in [1.807, 2.05) is 30.3 Å². The number of ether oxygens (including phenoxy) is 1. The first-order valence-corrected chi connectivity index (χ1v) is 10.2. The van der Waals surface area contributed by atoms with Crippen LogP contribution in [-0.4, -0.2) is 29.0 Å². The van der Waals surface area contributed by atoms with E-state index >= 15 is 0 Å². The van der Waals surface area contributed by atoms with Gasteiger partial charge in [0.2, 0.25) is 11.4 Å². The third-order valence-corrected chi connectivity index (χ3v) is 4.48. The third kappa shape index (κ3) is 6.37. The molecule has 152 valence electrons. The first-order chi connectivity index (χ1) is 13.6. The Morgan fingerprint density at radius 2 is 1.86 bits per heavy atom. The second-order valence-electron chi connectivity index (χ2n) is 6.41. The van der Waals surface area contributed by atoms with Gasteiger partial charge in [0, 0.05) is 12.0 Å². The molecule has 1 aromatic carbocycles. The predicted molar refractivity (Wildman–Crippen MR) is 108 cm³/mol. The Morgan fingerprint density at radius 3 is 2.54 bits per heavy atom. The molecule has 0 fully saturated rings. The molecule has 7 heteroatoms. The maximum absolute atomic E-state index is 12.6. The lowest BCUT2D eigenvalue weighted by Crippen LogP contribution is -2.38. The summed E-state index contributed by atoms with van der Waals surface area (Å²) in [5, 5.41) is 2.43. The van der Waals surface area contributed by atoms with Crippen molar-refractivity contribution in [3.8, 4) is 11.5 Å². The van der Waals surface area contributed by atoms with Gasteiger partial charge in [0.25, 0.3) is 5.91 Å². The molecule has 2 aromatic rings. The standard InChI is InChI=1S/C21H27ClN2O4/c1-3-5-6-7-11-14-16-17(19(25)24-18(22)21(26)27-4-2)23-20(28-16)15-12-9-8-10-13-15/h8-10,12-13,18H,3-7,11,14H2,1-2H3,(H,24,25). The lowest BCUT2D eigenvalue weighted by molar-refractivity contribution is -0.143. The van der Waals surface area contributed by atoms with Crippen LogP contribution in [0.25, 0.3) is 11.5 Å². The molecule has 0 aliphatic heterocycles. The second kappa shape index (κ2) is 11.5. The van der Waals surface area contributed by atoms with Crippen molar-refractivity contribution in [2.45, 2.75) is 57.9 Å². The number of rotatable bonds is 11. The number of alkyl halides is 1. The van der Waals surface area contributed by atoms with Crippen LogP contribution in [0.15, 0.2) is 34.7 Å². The van der Waals surface area contributed by atoms with Crippen molar-refractivity contribution in [2.24, 2.45) is 0 Å². The molecule has 0 spiro atoms. The van der Waals surface area contributed by atoms with Gasteiger partial charge in [0.15, 0.2) is 5.69 Å². The molecular weight excluding hydrogens is 380 g/mol. The molecule has 0 aliphatic rings. The molecule has 1 unspecified atom stereocenters. The van der Waals surface area contributed by atoms with Gasteiger partial charge in [0.05, 0.1) is 6.61 Å². The zero-order chi connectivity index (χ0) is 20.4. The summed E-state index contributed by atoms with van der Waals surface area (Å²) < 4.78 is 10.7. The van der Waals surface area contributed by atoms with E-state index in [0.717, 1.165) is 24.8 Å². The van der Waals surface area contributed by atoms with Gasteiger partial charge in [-0.1, -0.05) is 62.4 Å². The van der Waals surface area contributed by atoms with E-state index in [1.54, 1.807) is 6.92 Å². The van der Waals surface area contributed by atoms with Crippen LogP contribution < -0.4 is 5.32 Å². The number of aryl methyl sites for hydroxylation is 1. The van der Waals surface area contributed by atoms with Crippen LogP contribution in [0.2, 0.25) is 0 Å². The van der Waals surface area contributed by atoms with E-state index in [1.165, 1.54) is 12.8 Å². The molecule has 6 nitrogen and oxygen atoms in total. The lowest BCUT2D eigenvalue weighted by Gasteiger charge is -2.10. The van der Waals surface area contributed by atoms with Gasteiger partial charge in [-0.25, -0.2) is 9.78 Å². The number of benzene rings is 1. The maximum Gasteiger partial charge on any atom is 0.344 e. The van der Waals surface area contributed by atoms with E-state index in [4.69, 9.17) is 20.8 Å². The zero-order valence-electron chi connectivity index (χ0n) is 16.4. The Bertz CT molecular complexity index is 761. The molecule has 0 saturated carbocycles. The predicted octanol–water partition coefficient (Wildman–Crippen LogP) is 4.71. The number of carbonyl (C=O) groups is 2. The van der Waals surface area contributed by atoms with E-state index in [0.29, 0.717) is 18.1 Å². The maximum atomic E-state index is 12.6. The minimum Gasteiger partial charge on any atom is -0.464 e. The first-order valence-electron chi connectivity index (χ1n) is 9.73. The molecule has 2 rings (SSSR count). The zero-order valence-corrected chi connectivity index (χ0v) is 17.1. The van der Waals surface area contributed by atoms with E-state index < -0.39 is 17.4 Å². The number of esters is 1. The van der Waals surface area contributed by atoms with Crippen LogP contribution in [0.1, 0.15) is 62.2 Å². The highest BCUT2D eigenvalue weighted by Gasteiger charge is 2.25. The normalized spacial score (nSPS) is 11.8. The monoisotopic (exact) mass is 406 g/mol. The first kappa shape index (κ1) is 22.0. The summed E-state index contributed by atoms with van der Waals surface area (Å²) in [4.78, 5) is 28.7. The number of hydrogen-bond acceptors (Lipinski definition) is 5. The average Bonchev–Trinajstić information content (AvgIpc) is 3.13. The number of carbonyl (C=O) groups excluding carboxylic acids is 2. The number of hydrogen-bond donors (Lipinski definition) is 1. The van der Waals surface area contributed by atoms with Crippen molar-refractivity contribution in [3.05, 3.63) is 41.8 Å². The van der Waals surface area contributed by atoms with Gasteiger partial charge in [-0.2, -0.15) is 0 Å². The van der Waals surface area contributed by atoms with Crippen LogP contribution >= 0.6 is 11.6 Å². The molecule has 0 aliphatic carbocycles. The fourth-order valence-electron chi connectivity index (χ4n) is 2.75. The van der Waals surface area contributed by atoms with Gasteiger partial charge in [-0.3, -0.25) is 4.79 Å². The summed E-state index contributed by atoms with van der Waals surface area (Å²) in [6.45, 7) is 4.02. The second-order valence-corrected chi connectivity index (χ2v) is 6.85. The lowest BCUT2D eigenvalue weighted by atomic mass is 10.1. The van der Waals surface area contributed by atoms with Gasteiger partial charge >= 0.3 is 5.97 Å². The van der Waals surface area contributed by atoms with Crippen molar-refractivity contribution in [1.82, 2.24) is 10.3 Å². The number of halogens is 1. The molecule has 1 amide bonds. The molecule has 1 N–H and O–H groups in total. The minimum absolute atomic E-state index is 0.157. The SMILES string of the molecule is CCCCCCCc1oc(-c2ccccc2)nc1C(=O)NC(Cl)C(=O)OCC. The Labute approximate surface area is 170 Å². The molecule has 0 saturated heterocycles. The Morgan fingerprint density at radius 1 is 1.14 bits per heavy atom. The van der Waals surface area contributed by atoms with Crippen molar-refractivity contribution >= 4 is 23.5 Å². The highest BCUT2D eigenvalue weighted by Crippen LogP contribution is 2.24. The summed E-state index contributed by atoms with van der Waals surface area (Å²) in [6, 6.07) is 9.37. The van der Waals surface area contributed by atoms with Crippen LogP contribution in [0.4, 0.5) is 0 Å². The van der Waals surface area contributed by atoms with E-state index in [9.17, 15) is 9.59 Å². The Hall–Kier alpha value is -2.34. The molecule has 0 radical (unpaired) electrons. The quantitative estimate of drug-likeness (QED) is 0.253. The van der Waals surface area contributed by atoms with Crippen LogP contribution in [0.5, 0.6) is 0 Å². The van der Waals surface area contributed by atoms with Crippen LogP contribution in [0.3, 0.4) is 0 Å². The molecule has 1 aromatic heterocycles. The Balaban J connectivity index is 2.15. The van der Waals surface area contributed by atoms with Crippen molar-refractivity contribution in [2.75, 3.05) is 6.61 Å². The minimum atomic E-state index is -1.28. The number of amides is 1. The number of oxazole rings is 1. The smallest absolute Gasteiger partial charge is 0.344 e. The largest absolute Gasteiger partial charge is 0.464 e. The summed E-state index contributed by atoms with van der Waals surface area (Å²) in [5.41, 5.74) is -0.340. The number of aromatic nitrogens is 1. The third-order valence-electron chi connectivity index (χ3n) is 4.19. The summed E-state index contributed by atoms with van der Waals surface area (Å²) in [5.74, 6) is -0.384. The van der Waals surface area contributed by atoms with Crippen LogP contribution in [0, 0.1) is 0 Å². The van der Waals surface area contributed by atoms with Crippen LogP contribution in [-0.2, 0) is 16.0 Å². The van der Waals surface area contributed by atoms with Crippen molar-refractivity contribution in [1.29, 1.82) is 0 Å². The Kier molecular flexibility index (Phi) is 9.01. The van der Waals surface area contributed by atoms with Gasteiger partial charge in [0.1, 0.15) is 5.76 Å². The summed E-state index contributed by atoms with van der Waals surface area (Å²) in [7, 11) is 0. The molecular formula is C21H27ClN2O4. The fourth-order valence-corrected chi connectivity index (χ4v) is 2.91. The van der Waals surface area contributed by atoms with E-state index in [-0.39, 0.29) is 12.3 Å². The summed E-state index contributed by atoms with van der Waals surface area (Å²) >= 11 is 5.93.